The Morgan fingerprint density at radius 3 is 1.25 bits per heavy atom. The van der Waals surface area contributed by atoms with Crippen LogP contribution in [0.2, 0.25) is 0 Å². The van der Waals surface area contributed by atoms with Gasteiger partial charge in [0.2, 0.25) is 9.15 Å². The molecule has 0 rings (SSSR count). The summed E-state index contributed by atoms with van der Waals surface area (Å²) in [4.78, 5) is 0. The predicted molar refractivity (Wildman–Crippen MR) is 21.2 cm³/mol. The summed E-state index contributed by atoms with van der Waals surface area (Å²) in [6.07, 6.45) is 0. The van der Waals surface area contributed by atoms with Crippen molar-refractivity contribution in [2.45, 2.75) is 0 Å². The standard InChI is InChI=1S/H2O6S2/c1-7(2,3)8(4,5)6/h(H,1,2,3)(H,4,5,6)/p-1. The summed E-state index contributed by atoms with van der Waals surface area (Å²) in [5, 5.41) is 0. The van der Waals surface area contributed by atoms with Crippen LogP contribution in [0.3, 0.4) is 0 Å². The van der Waals surface area contributed by atoms with Crippen molar-refractivity contribution in [1.82, 2.24) is 0 Å². The van der Waals surface area contributed by atoms with Crippen molar-refractivity contribution in [3.05, 3.63) is 0 Å². The van der Waals surface area contributed by atoms with E-state index in [4.69, 9.17) is 4.55 Å². The fourth-order valence-electron chi connectivity index (χ4n) is 0. The molecule has 0 aromatic heterocycles. The highest BCUT2D eigenvalue weighted by molar-refractivity contribution is 8.62. The number of rotatable bonds is 1. The van der Waals surface area contributed by atoms with Crippen LogP contribution in [0.1, 0.15) is 0 Å². The van der Waals surface area contributed by atoms with Crippen LogP contribution in [0.4, 0.5) is 0 Å². The van der Waals surface area contributed by atoms with Gasteiger partial charge in [-0.3, -0.25) is 4.55 Å². The Bertz CT molecular complexity index is 219. The van der Waals surface area contributed by atoms with Gasteiger partial charge in [0, 0.05) is 0 Å². The Labute approximate surface area is 45.0 Å². The summed E-state index contributed by atoms with van der Waals surface area (Å²) in [6, 6.07) is 0. The smallest absolute Gasteiger partial charge is 0.361 e. The summed E-state index contributed by atoms with van der Waals surface area (Å²) in [5.41, 5.74) is 0. The van der Waals surface area contributed by atoms with E-state index in [1.54, 1.807) is 0 Å². The highest BCUT2D eigenvalue weighted by Crippen LogP contribution is 1.90. The third-order valence-electron chi connectivity index (χ3n) is 0.258. The molecule has 50 valence electrons. The molecule has 0 spiro atoms. The molecule has 0 heterocycles. The van der Waals surface area contributed by atoms with Gasteiger partial charge in [0.1, 0.15) is 0 Å². The fraction of sp³-hybridized carbons (Fsp3) is 0. The molecule has 8 heteroatoms. The van der Waals surface area contributed by atoms with Crippen molar-refractivity contribution in [3.8, 4) is 0 Å². The molecule has 6 nitrogen and oxygen atoms in total. The van der Waals surface area contributed by atoms with Crippen LogP contribution >= 0.6 is 0 Å². The molecule has 8 heavy (non-hydrogen) atoms. The molecule has 0 aromatic rings. The lowest BCUT2D eigenvalue weighted by Crippen LogP contribution is -2.12. The van der Waals surface area contributed by atoms with Gasteiger partial charge in [0.05, 0.1) is 0 Å². The third-order valence-corrected chi connectivity index (χ3v) is 2.32. The van der Waals surface area contributed by atoms with Gasteiger partial charge in [0.25, 0.3) is 0 Å². The minimum absolute atomic E-state index is 5.42. The molecule has 0 saturated heterocycles. The average molecular weight is 161 g/mol. The molecular formula is HO6S2-. The Kier molecular flexibility index (Phi) is 1.62. The molecule has 0 aliphatic heterocycles. The third kappa shape index (κ3) is 1.74. The van der Waals surface area contributed by atoms with Gasteiger partial charge < -0.3 is 4.55 Å². The number of hydrogen-bond donors (Lipinski definition) is 1. The zero-order valence-corrected chi connectivity index (χ0v) is 4.94. The fourth-order valence-corrected chi connectivity index (χ4v) is 0. The maximum absolute atomic E-state index is 9.31. The Balaban J connectivity index is 5.18. The van der Waals surface area contributed by atoms with Gasteiger partial charge in [-0.15, -0.1) is 0 Å². The van der Waals surface area contributed by atoms with E-state index in [1.165, 1.54) is 0 Å². The molecule has 0 saturated carbocycles. The summed E-state index contributed by atoms with van der Waals surface area (Å²) in [6.45, 7) is 0. The highest BCUT2D eigenvalue weighted by Gasteiger charge is 2.12. The van der Waals surface area contributed by atoms with Gasteiger partial charge in [-0.25, -0.2) is 8.42 Å². The van der Waals surface area contributed by atoms with Crippen LogP contribution < -0.4 is 0 Å². The van der Waals surface area contributed by atoms with Crippen molar-refractivity contribution in [1.29, 1.82) is 0 Å². The Morgan fingerprint density at radius 2 is 1.25 bits per heavy atom. The molecule has 0 amide bonds. The monoisotopic (exact) mass is 161 g/mol. The van der Waals surface area contributed by atoms with E-state index in [2.05, 4.69) is 0 Å². The lowest BCUT2D eigenvalue weighted by atomic mass is 15.9. The first kappa shape index (κ1) is 7.82. The van der Waals surface area contributed by atoms with E-state index >= 15 is 0 Å². The van der Waals surface area contributed by atoms with E-state index in [-0.39, 0.29) is 0 Å². The molecule has 0 radical (unpaired) electrons. The maximum Gasteiger partial charge on any atom is 0.361 e. The quantitative estimate of drug-likeness (QED) is 0.363. The van der Waals surface area contributed by atoms with Gasteiger partial charge in [-0.2, -0.15) is 8.42 Å². The van der Waals surface area contributed by atoms with Crippen molar-refractivity contribution < 1.29 is 25.9 Å². The zero-order chi connectivity index (χ0) is 7.00. The Hall–Kier alpha value is -0.180. The molecule has 0 unspecified atom stereocenters. The second kappa shape index (κ2) is 1.65. The summed E-state index contributed by atoms with van der Waals surface area (Å²) in [7, 11) is -11.0. The van der Waals surface area contributed by atoms with E-state index < -0.39 is 18.3 Å². The van der Waals surface area contributed by atoms with Crippen molar-refractivity contribution in [3.63, 3.8) is 0 Å². The van der Waals surface area contributed by atoms with Crippen molar-refractivity contribution >= 4 is 18.3 Å². The van der Waals surface area contributed by atoms with E-state index in [9.17, 15) is 21.4 Å². The molecule has 0 aromatic carbocycles. The minimum atomic E-state index is -5.56. The van der Waals surface area contributed by atoms with Crippen LogP contribution in [0.15, 0.2) is 0 Å². The highest BCUT2D eigenvalue weighted by atomic mass is 33.2. The summed E-state index contributed by atoms with van der Waals surface area (Å²) in [5.74, 6) is 0. The molecule has 0 bridgehead atoms. The first-order chi connectivity index (χ1) is 3.25. The van der Waals surface area contributed by atoms with Gasteiger partial charge in [-0.05, 0) is 0 Å². The summed E-state index contributed by atoms with van der Waals surface area (Å²) >= 11 is 0. The van der Waals surface area contributed by atoms with Crippen molar-refractivity contribution in [2.75, 3.05) is 0 Å². The molecule has 0 aliphatic carbocycles. The predicted octanol–water partition coefficient (Wildman–Crippen LogP) is -1.67. The van der Waals surface area contributed by atoms with Crippen LogP contribution in [0, 0.1) is 0 Å². The second-order valence-electron chi connectivity index (χ2n) is 0.836. The van der Waals surface area contributed by atoms with Crippen molar-refractivity contribution in [2.24, 2.45) is 0 Å². The van der Waals surface area contributed by atoms with Gasteiger partial charge >= 0.3 is 9.15 Å². The van der Waals surface area contributed by atoms with Gasteiger partial charge in [0.15, 0.2) is 0 Å². The second-order valence-corrected chi connectivity index (χ2v) is 5.00. The summed E-state index contributed by atoms with van der Waals surface area (Å²) < 4.78 is 53.8. The van der Waals surface area contributed by atoms with Crippen LogP contribution in [0.5, 0.6) is 0 Å². The van der Waals surface area contributed by atoms with Crippen LogP contribution in [-0.2, 0) is 18.3 Å². The topological polar surface area (TPSA) is 112 Å². The zero-order valence-electron chi connectivity index (χ0n) is 3.30. The molecule has 0 atom stereocenters. The van der Waals surface area contributed by atoms with Crippen LogP contribution in [-0.4, -0.2) is 25.9 Å². The number of hydrogen-bond acceptors (Lipinski definition) is 5. The Morgan fingerprint density at radius 1 is 1.12 bits per heavy atom. The molecular weight excluding hydrogens is 160 g/mol. The maximum atomic E-state index is 9.31. The molecule has 0 fully saturated rings. The lowest BCUT2D eigenvalue weighted by Gasteiger charge is -1.98. The lowest BCUT2D eigenvalue weighted by molar-refractivity contribution is 0.449. The van der Waals surface area contributed by atoms with Crippen LogP contribution in [0.25, 0.3) is 0 Å². The molecule has 1 N–H and O–H groups in total. The SMILES string of the molecule is O=S(=O)([O-])S(=O)(=O)O. The van der Waals surface area contributed by atoms with E-state index in [1.807, 2.05) is 0 Å². The first-order valence-corrected chi connectivity index (χ1v) is 4.55. The minimum Gasteiger partial charge on any atom is -0.734 e. The largest absolute Gasteiger partial charge is 0.734 e. The molecule has 0 aliphatic rings. The van der Waals surface area contributed by atoms with Gasteiger partial charge in [-0.1, -0.05) is 0 Å². The average Bonchev–Trinajstić information content (AvgIpc) is 1.25. The normalized spacial score (nSPS) is 13.8. The van der Waals surface area contributed by atoms with E-state index in [0.29, 0.717) is 0 Å². The van der Waals surface area contributed by atoms with E-state index in [0.717, 1.165) is 0 Å². The first-order valence-electron chi connectivity index (χ1n) is 1.18.